The molecule has 0 atom stereocenters. The molecule has 3 N–H and O–H groups in total. The third-order valence-corrected chi connectivity index (χ3v) is 2.55. The van der Waals surface area contributed by atoms with Crippen molar-refractivity contribution in [1.82, 2.24) is 9.97 Å². The zero-order valence-corrected chi connectivity index (χ0v) is 10.6. The van der Waals surface area contributed by atoms with Crippen molar-refractivity contribution in [2.75, 3.05) is 5.43 Å². The fourth-order valence-electron chi connectivity index (χ4n) is 1.73. The quantitative estimate of drug-likeness (QED) is 0.640. The van der Waals surface area contributed by atoms with E-state index < -0.39 is 0 Å². The van der Waals surface area contributed by atoms with Gasteiger partial charge in [-0.25, -0.2) is 20.2 Å². The van der Waals surface area contributed by atoms with Crippen molar-refractivity contribution in [3.8, 4) is 11.6 Å². The smallest absolute Gasteiger partial charge is 0.227 e. The van der Waals surface area contributed by atoms with E-state index in [9.17, 15) is 4.39 Å². The predicted molar refractivity (Wildman–Crippen MR) is 70.3 cm³/mol. The number of nitrogens with one attached hydrogen (secondary N) is 1. The van der Waals surface area contributed by atoms with E-state index in [1.165, 1.54) is 18.5 Å². The van der Waals surface area contributed by atoms with Gasteiger partial charge in [-0.15, -0.1) is 0 Å². The molecule has 100 valence electrons. The van der Waals surface area contributed by atoms with Gasteiger partial charge in [-0.1, -0.05) is 19.4 Å². The highest BCUT2D eigenvalue weighted by molar-refractivity contribution is 5.49. The Balaban J connectivity index is 2.33. The van der Waals surface area contributed by atoms with Crippen molar-refractivity contribution in [2.45, 2.75) is 19.8 Å². The van der Waals surface area contributed by atoms with Crippen LogP contribution in [0, 0.1) is 5.82 Å². The van der Waals surface area contributed by atoms with E-state index in [0.717, 1.165) is 12.0 Å². The minimum Gasteiger partial charge on any atom is -0.438 e. The lowest BCUT2D eigenvalue weighted by molar-refractivity contribution is 0.450. The van der Waals surface area contributed by atoms with Gasteiger partial charge in [-0.3, -0.25) is 0 Å². The topological polar surface area (TPSA) is 73.1 Å². The third-order valence-electron chi connectivity index (χ3n) is 2.55. The number of anilines is 1. The Morgan fingerprint density at radius 3 is 2.89 bits per heavy atom. The van der Waals surface area contributed by atoms with Crippen LogP contribution in [0.2, 0.25) is 0 Å². The molecule has 5 nitrogen and oxygen atoms in total. The summed E-state index contributed by atoms with van der Waals surface area (Å²) in [6.07, 6.45) is 2.95. The Morgan fingerprint density at radius 1 is 1.37 bits per heavy atom. The summed E-state index contributed by atoms with van der Waals surface area (Å²) in [5.41, 5.74) is 3.29. The van der Waals surface area contributed by atoms with Gasteiger partial charge in [0.1, 0.15) is 23.7 Å². The highest BCUT2D eigenvalue weighted by Gasteiger charge is 2.12. The van der Waals surface area contributed by atoms with Crippen molar-refractivity contribution in [3.05, 3.63) is 42.0 Å². The summed E-state index contributed by atoms with van der Waals surface area (Å²) in [5.74, 6) is 6.34. The average molecular weight is 262 g/mol. The fraction of sp³-hybridized carbons (Fsp3) is 0.231. The van der Waals surface area contributed by atoms with E-state index in [4.69, 9.17) is 10.6 Å². The standard InChI is InChI=1S/C13H15FN4O/c1-2-4-11-12(18-15)16-8-17-13(11)19-10-6-3-5-9(14)7-10/h3,5-8H,2,4,15H2,1H3,(H,16,17,18). The number of nitrogens with zero attached hydrogens (tertiary/aromatic N) is 2. The van der Waals surface area contributed by atoms with Gasteiger partial charge >= 0.3 is 0 Å². The second-order valence-electron chi connectivity index (χ2n) is 3.96. The summed E-state index contributed by atoms with van der Waals surface area (Å²) < 4.78 is 18.7. The molecule has 0 radical (unpaired) electrons. The molecule has 1 aromatic heterocycles. The first-order chi connectivity index (χ1) is 9.24. The van der Waals surface area contributed by atoms with Gasteiger partial charge in [0, 0.05) is 6.07 Å². The van der Waals surface area contributed by atoms with Crippen LogP contribution in [0.25, 0.3) is 0 Å². The Bertz CT molecular complexity index is 562. The number of nitrogens with two attached hydrogens (primary N) is 1. The van der Waals surface area contributed by atoms with E-state index in [1.807, 2.05) is 6.92 Å². The monoisotopic (exact) mass is 262 g/mol. The number of aromatic nitrogens is 2. The van der Waals surface area contributed by atoms with Crippen LogP contribution in [0.5, 0.6) is 11.6 Å². The van der Waals surface area contributed by atoms with E-state index in [0.29, 0.717) is 23.9 Å². The Labute approximate surface area is 110 Å². The molecule has 6 heteroatoms. The second-order valence-corrected chi connectivity index (χ2v) is 3.96. The minimum absolute atomic E-state index is 0.360. The predicted octanol–water partition coefficient (Wildman–Crippen LogP) is 2.65. The summed E-state index contributed by atoms with van der Waals surface area (Å²) in [5, 5.41) is 0. The van der Waals surface area contributed by atoms with Gasteiger partial charge < -0.3 is 10.2 Å². The first kappa shape index (κ1) is 13.2. The molecule has 1 aromatic carbocycles. The normalized spacial score (nSPS) is 10.3. The van der Waals surface area contributed by atoms with Crippen LogP contribution < -0.4 is 16.0 Å². The molecule has 0 aliphatic heterocycles. The lowest BCUT2D eigenvalue weighted by Crippen LogP contribution is -2.12. The molecule has 0 aliphatic carbocycles. The molecular weight excluding hydrogens is 247 g/mol. The summed E-state index contributed by atoms with van der Waals surface area (Å²) in [4.78, 5) is 8.11. The van der Waals surface area contributed by atoms with E-state index in [-0.39, 0.29) is 5.82 Å². The molecule has 0 fully saturated rings. The number of hydrogen-bond acceptors (Lipinski definition) is 5. The van der Waals surface area contributed by atoms with E-state index in [2.05, 4.69) is 15.4 Å². The van der Waals surface area contributed by atoms with Crippen molar-refractivity contribution in [3.63, 3.8) is 0 Å². The minimum atomic E-state index is -0.360. The highest BCUT2D eigenvalue weighted by atomic mass is 19.1. The number of halogens is 1. The van der Waals surface area contributed by atoms with E-state index >= 15 is 0 Å². The molecule has 0 aliphatic rings. The number of ether oxygens (including phenoxy) is 1. The first-order valence-corrected chi connectivity index (χ1v) is 5.98. The molecule has 2 aromatic rings. The molecule has 0 amide bonds. The number of rotatable bonds is 5. The number of benzene rings is 1. The molecule has 2 rings (SSSR count). The molecule has 0 saturated carbocycles. The van der Waals surface area contributed by atoms with Crippen LogP contribution in [0.1, 0.15) is 18.9 Å². The third kappa shape index (κ3) is 3.17. The lowest BCUT2D eigenvalue weighted by Gasteiger charge is -2.12. The van der Waals surface area contributed by atoms with E-state index in [1.54, 1.807) is 12.1 Å². The first-order valence-electron chi connectivity index (χ1n) is 5.98. The van der Waals surface area contributed by atoms with Crippen LogP contribution >= 0.6 is 0 Å². The summed E-state index contributed by atoms with van der Waals surface area (Å²) >= 11 is 0. The molecule has 1 heterocycles. The van der Waals surface area contributed by atoms with Crippen LogP contribution in [0.3, 0.4) is 0 Å². The zero-order valence-electron chi connectivity index (χ0n) is 10.6. The molecular formula is C13H15FN4O. The van der Waals surface area contributed by atoms with Crippen molar-refractivity contribution in [2.24, 2.45) is 5.84 Å². The van der Waals surface area contributed by atoms with Gasteiger partial charge in [0.2, 0.25) is 5.88 Å². The largest absolute Gasteiger partial charge is 0.438 e. The lowest BCUT2D eigenvalue weighted by atomic mass is 10.2. The maximum Gasteiger partial charge on any atom is 0.227 e. The molecule has 0 spiro atoms. The Kier molecular flexibility index (Phi) is 4.25. The van der Waals surface area contributed by atoms with Gasteiger partial charge in [0.05, 0.1) is 5.56 Å². The van der Waals surface area contributed by atoms with Crippen molar-refractivity contribution < 1.29 is 9.13 Å². The average Bonchev–Trinajstić information content (AvgIpc) is 2.41. The SMILES string of the molecule is CCCc1c(NN)ncnc1Oc1cccc(F)c1. The molecule has 19 heavy (non-hydrogen) atoms. The fourth-order valence-corrected chi connectivity index (χ4v) is 1.73. The van der Waals surface area contributed by atoms with Crippen molar-refractivity contribution in [1.29, 1.82) is 0 Å². The van der Waals surface area contributed by atoms with Crippen LogP contribution in [0.4, 0.5) is 10.2 Å². The van der Waals surface area contributed by atoms with Crippen molar-refractivity contribution >= 4 is 5.82 Å². The molecule has 0 saturated heterocycles. The van der Waals surface area contributed by atoms with Gasteiger partial charge in [0.25, 0.3) is 0 Å². The Morgan fingerprint density at radius 2 is 2.21 bits per heavy atom. The van der Waals surface area contributed by atoms with Crippen LogP contribution in [-0.4, -0.2) is 9.97 Å². The molecule has 0 unspecified atom stereocenters. The van der Waals surface area contributed by atoms with Crippen LogP contribution in [0.15, 0.2) is 30.6 Å². The summed E-state index contributed by atoms with van der Waals surface area (Å²) in [6, 6.07) is 5.89. The highest BCUT2D eigenvalue weighted by Crippen LogP contribution is 2.27. The molecule has 0 bridgehead atoms. The zero-order chi connectivity index (χ0) is 13.7. The number of hydrogen-bond donors (Lipinski definition) is 2. The summed E-state index contributed by atoms with van der Waals surface area (Å²) in [6.45, 7) is 2.03. The van der Waals surface area contributed by atoms with Crippen LogP contribution in [-0.2, 0) is 6.42 Å². The maximum absolute atomic E-state index is 13.1. The van der Waals surface area contributed by atoms with Gasteiger partial charge in [-0.2, -0.15) is 0 Å². The van der Waals surface area contributed by atoms with Gasteiger partial charge in [0.15, 0.2) is 0 Å². The maximum atomic E-state index is 13.1. The summed E-state index contributed by atoms with van der Waals surface area (Å²) in [7, 11) is 0. The second kappa shape index (κ2) is 6.10. The Hall–Kier alpha value is -2.21. The van der Waals surface area contributed by atoms with Gasteiger partial charge in [-0.05, 0) is 18.6 Å². The number of hydrazine groups is 1. The number of nitrogen functional groups attached to an aromatic ring is 1.